The van der Waals surface area contributed by atoms with Crippen molar-refractivity contribution < 1.29 is 9.21 Å². The van der Waals surface area contributed by atoms with Gasteiger partial charge in [-0.05, 0) is 31.4 Å². The summed E-state index contributed by atoms with van der Waals surface area (Å²) in [6, 6.07) is 5.09. The average molecular weight is 272 g/mol. The molecule has 0 saturated carbocycles. The van der Waals surface area contributed by atoms with Crippen molar-refractivity contribution in [2.75, 3.05) is 23.3 Å². The monoisotopic (exact) mass is 272 g/mol. The third-order valence-electron chi connectivity index (χ3n) is 3.32. The first-order valence-electron chi connectivity index (χ1n) is 6.75. The zero-order valence-corrected chi connectivity index (χ0v) is 11.1. The van der Waals surface area contributed by atoms with Gasteiger partial charge >= 0.3 is 0 Å². The van der Waals surface area contributed by atoms with Gasteiger partial charge < -0.3 is 14.6 Å². The molecule has 0 aromatic carbocycles. The number of nitrogens with one attached hydrogen (secondary N) is 1. The molecular weight excluding hydrogens is 256 g/mol. The van der Waals surface area contributed by atoms with Crippen molar-refractivity contribution in [1.82, 2.24) is 9.97 Å². The molecule has 0 spiro atoms. The van der Waals surface area contributed by atoms with Crippen LogP contribution < -0.4 is 10.2 Å². The Bertz CT molecular complexity index is 577. The summed E-state index contributed by atoms with van der Waals surface area (Å²) < 4.78 is 5.05. The Kier molecular flexibility index (Phi) is 3.62. The Hall–Kier alpha value is -2.37. The molecule has 0 aliphatic carbocycles. The highest BCUT2D eigenvalue weighted by molar-refractivity contribution is 6.01. The van der Waals surface area contributed by atoms with Gasteiger partial charge in [0.2, 0.25) is 0 Å². The number of aromatic nitrogens is 2. The smallest absolute Gasteiger partial charge is 0.292 e. The minimum absolute atomic E-state index is 0.267. The van der Waals surface area contributed by atoms with E-state index in [0.29, 0.717) is 5.82 Å². The van der Waals surface area contributed by atoms with Gasteiger partial charge in [-0.1, -0.05) is 0 Å². The van der Waals surface area contributed by atoms with E-state index in [1.807, 2.05) is 0 Å². The summed E-state index contributed by atoms with van der Waals surface area (Å²) in [5, 5.41) is 2.71. The summed E-state index contributed by atoms with van der Waals surface area (Å²) in [7, 11) is 0. The second-order valence-corrected chi connectivity index (χ2v) is 4.74. The number of furan rings is 1. The summed E-state index contributed by atoms with van der Waals surface area (Å²) in [5.41, 5.74) is 0. The zero-order chi connectivity index (χ0) is 13.8. The molecule has 0 unspecified atom stereocenters. The summed E-state index contributed by atoms with van der Waals surface area (Å²) >= 11 is 0. The fourth-order valence-corrected chi connectivity index (χ4v) is 2.30. The lowest BCUT2D eigenvalue weighted by atomic mass is 10.1. The van der Waals surface area contributed by atoms with Crippen LogP contribution in [0.2, 0.25) is 0 Å². The van der Waals surface area contributed by atoms with E-state index in [0.717, 1.165) is 18.9 Å². The first-order valence-corrected chi connectivity index (χ1v) is 6.75. The molecular formula is C14H16N4O2. The maximum absolute atomic E-state index is 11.9. The number of hydrogen-bond donors (Lipinski definition) is 1. The zero-order valence-electron chi connectivity index (χ0n) is 11.1. The van der Waals surface area contributed by atoms with Crippen LogP contribution in [-0.4, -0.2) is 29.0 Å². The Labute approximate surface area is 116 Å². The predicted molar refractivity (Wildman–Crippen MR) is 74.8 cm³/mol. The quantitative estimate of drug-likeness (QED) is 0.928. The van der Waals surface area contributed by atoms with Crippen LogP contribution in [0.4, 0.5) is 11.6 Å². The number of rotatable bonds is 3. The third-order valence-corrected chi connectivity index (χ3v) is 3.32. The van der Waals surface area contributed by atoms with E-state index in [9.17, 15) is 4.79 Å². The number of carbonyl (C=O) groups is 1. The van der Waals surface area contributed by atoms with Gasteiger partial charge in [0.1, 0.15) is 18.0 Å². The highest BCUT2D eigenvalue weighted by atomic mass is 16.3. The van der Waals surface area contributed by atoms with Crippen LogP contribution in [0.25, 0.3) is 0 Å². The molecule has 0 radical (unpaired) electrons. The Morgan fingerprint density at radius 2 is 2.10 bits per heavy atom. The molecule has 1 amide bonds. The number of carbonyl (C=O) groups excluding carboxylic acids is 1. The van der Waals surface area contributed by atoms with E-state index in [1.165, 1.54) is 31.9 Å². The second-order valence-electron chi connectivity index (χ2n) is 4.74. The number of amides is 1. The fraction of sp³-hybridized carbons (Fsp3) is 0.357. The van der Waals surface area contributed by atoms with Crippen LogP contribution in [0.3, 0.4) is 0 Å². The van der Waals surface area contributed by atoms with Gasteiger partial charge in [0.05, 0.1) is 6.26 Å². The van der Waals surface area contributed by atoms with Crippen LogP contribution >= 0.6 is 0 Å². The lowest BCUT2D eigenvalue weighted by Gasteiger charge is -2.27. The SMILES string of the molecule is O=C(Nc1cc(N2CCCCC2)ncn1)c1ccco1. The third kappa shape index (κ3) is 2.79. The highest BCUT2D eigenvalue weighted by Gasteiger charge is 2.14. The lowest BCUT2D eigenvalue weighted by Crippen LogP contribution is -2.30. The molecule has 3 rings (SSSR count). The summed E-state index contributed by atoms with van der Waals surface area (Å²) in [6.45, 7) is 2.01. The fourth-order valence-electron chi connectivity index (χ4n) is 2.30. The van der Waals surface area contributed by atoms with Crippen LogP contribution in [0.1, 0.15) is 29.8 Å². The van der Waals surface area contributed by atoms with Gasteiger partial charge in [0, 0.05) is 19.2 Å². The predicted octanol–water partition coefficient (Wildman–Crippen LogP) is 2.31. The number of anilines is 2. The van der Waals surface area contributed by atoms with Gasteiger partial charge in [-0.2, -0.15) is 0 Å². The molecule has 6 heteroatoms. The van der Waals surface area contributed by atoms with Gasteiger partial charge in [-0.3, -0.25) is 4.79 Å². The molecule has 1 N–H and O–H groups in total. The first-order chi connectivity index (χ1) is 9.83. The van der Waals surface area contributed by atoms with E-state index in [-0.39, 0.29) is 11.7 Å². The summed E-state index contributed by atoms with van der Waals surface area (Å²) in [6.07, 6.45) is 6.57. The number of hydrogen-bond acceptors (Lipinski definition) is 5. The Morgan fingerprint density at radius 1 is 1.25 bits per heavy atom. The van der Waals surface area contributed by atoms with Crippen LogP contribution in [0.5, 0.6) is 0 Å². The molecule has 1 aliphatic heterocycles. The highest BCUT2D eigenvalue weighted by Crippen LogP contribution is 2.19. The van der Waals surface area contributed by atoms with Crippen LogP contribution in [0, 0.1) is 0 Å². The molecule has 3 heterocycles. The van der Waals surface area contributed by atoms with E-state index in [1.54, 1.807) is 18.2 Å². The van der Waals surface area contributed by atoms with Crippen LogP contribution in [-0.2, 0) is 0 Å². The van der Waals surface area contributed by atoms with E-state index in [4.69, 9.17) is 4.42 Å². The minimum Gasteiger partial charge on any atom is -0.459 e. The largest absolute Gasteiger partial charge is 0.459 e. The van der Waals surface area contributed by atoms with Gasteiger partial charge in [0.15, 0.2) is 5.76 Å². The molecule has 2 aromatic heterocycles. The van der Waals surface area contributed by atoms with Crippen molar-refractivity contribution in [3.8, 4) is 0 Å². The van der Waals surface area contributed by atoms with Gasteiger partial charge in [-0.25, -0.2) is 9.97 Å². The van der Waals surface area contributed by atoms with E-state index >= 15 is 0 Å². The van der Waals surface area contributed by atoms with Gasteiger partial charge in [0.25, 0.3) is 5.91 Å². The van der Waals surface area contributed by atoms with Crippen molar-refractivity contribution in [2.24, 2.45) is 0 Å². The standard InChI is InChI=1S/C14H16N4O2/c19-14(11-5-4-8-20-11)17-12-9-13(16-10-15-12)18-6-2-1-3-7-18/h4-5,8-10H,1-3,6-7H2,(H,15,16,17,19). The number of nitrogens with zero attached hydrogens (tertiary/aromatic N) is 3. The molecule has 1 aliphatic rings. The van der Waals surface area contributed by atoms with Crippen molar-refractivity contribution >= 4 is 17.5 Å². The Balaban J connectivity index is 1.72. The molecule has 1 fully saturated rings. The van der Waals surface area contributed by atoms with E-state index < -0.39 is 0 Å². The molecule has 104 valence electrons. The molecule has 0 atom stereocenters. The van der Waals surface area contributed by atoms with Crippen molar-refractivity contribution in [3.63, 3.8) is 0 Å². The van der Waals surface area contributed by atoms with E-state index in [2.05, 4.69) is 20.2 Å². The molecule has 1 saturated heterocycles. The summed E-state index contributed by atoms with van der Waals surface area (Å²) in [5.74, 6) is 1.30. The van der Waals surface area contributed by atoms with Crippen molar-refractivity contribution in [2.45, 2.75) is 19.3 Å². The maximum atomic E-state index is 11.9. The van der Waals surface area contributed by atoms with Crippen molar-refractivity contribution in [1.29, 1.82) is 0 Å². The molecule has 0 bridgehead atoms. The Morgan fingerprint density at radius 3 is 2.85 bits per heavy atom. The lowest BCUT2D eigenvalue weighted by molar-refractivity contribution is 0.0996. The van der Waals surface area contributed by atoms with Crippen molar-refractivity contribution in [3.05, 3.63) is 36.5 Å². The average Bonchev–Trinajstić information content (AvgIpc) is 3.03. The topological polar surface area (TPSA) is 71.3 Å². The number of piperidine rings is 1. The molecule has 2 aromatic rings. The van der Waals surface area contributed by atoms with Gasteiger partial charge in [-0.15, -0.1) is 0 Å². The van der Waals surface area contributed by atoms with Crippen LogP contribution in [0.15, 0.2) is 35.2 Å². The minimum atomic E-state index is -0.307. The second kappa shape index (κ2) is 5.73. The summed E-state index contributed by atoms with van der Waals surface area (Å²) in [4.78, 5) is 22.4. The molecule has 6 nitrogen and oxygen atoms in total. The first kappa shape index (κ1) is 12.7. The molecule has 20 heavy (non-hydrogen) atoms. The maximum Gasteiger partial charge on any atom is 0.292 e. The normalized spacial score (nSPS) is 15.1.